The van der Waals surface area contributed by atoms with Gasteiger partial charge in [0, 0.05) is 7.05 Å². The summed E-state index contributed by atoms with van der Waals surface area (Å²) >= 11 is 0. The fourth-order valence-electron chi connectivity index (χ4n) is 0.440. The van der Waals surface area contributed by atoms with Crippen LogP contribution in [-0.2, 0) is 4.84 Å². The molecule has 5 heteroatoms. The molecule has 0 aliphatic carbocycles. The minimum atomic E-state index is -1.40. The average Bonchev–Trinajstić information content (AvgIpc) is 1.85. The molecule has 0 saturated heterocycles. The van der Waals surface area contributed by atoms with Crippen molar-refractivity contribution in [3.63, 3.8) is 0 Å². The smallest absolute Gasteiger partial charge is 0.431 e. The van der Waals surface area contributed by atoms with E-state index in [1.165, 1.54) is 7.05 Å². The molecule has 0 saturated carbocycles. The van der Waals surface area contributed by atoms with Gasteiger partial charge < -0.3 is 5.11 Å². The molecule has 1 unspecified atom stereocenters. The van der Waals surface area contributed by atoms with Crippen LogP contribution in [0.25, 0.3) is 0 Å². The Hall–Kier alpha value is -0.553. The van der Waals surface area contributed by atoms with Gasteiger partial charge >= 0.3 is 6.09 Å². The summed E-state index contributed by atoms with van der Waals surface area (Å²) in [4.78, 5) is 15.5. The van der Waals surface area contributed by atoms with E-state index in [4.69, 9.17) is 9.94 Å². The lowest BCUT2D eigenvalue weighted by Crippen LogP contribution is -2.43. The molecule has 0 aromatic carbocycles. The van der Waals surface area contributed by atoms with Gasteiger partial charge in [-0.3, -0.25) is 4.84 Å². The molecule has 1 atom stereocenters. The van der Waals surface area contributed by atoms with Crippen LogP contribution in [0.5, 0.6) is 0 Å². The molecule has 0 aliphatic heterocycles. The summed E-state index contributed by atoms with van der Waals surface area (Å²) in [6, 6.07) is 0. The normalized spacial score (nSPS) is 14.1. The Bertz CT molecular complexity index is 167. The van der Waals surface area contributed by atoms with E-state index < -0.39 is 14.2 Å². The van der Waals surface area contributed by atoms with Crippen molar-refractivity contribution in [2.45, 2.75) is 32.3 Å². The molecule has 0 aliphatic rings. The lowest BCUT2D eigenvalue weighted by molar-refractivity contribution is -0.126. The van der Waals surface area contributed by atoms with Crippen LogP contribution in [0.2, 0.25) is 19.6 Å². The summed E-state index contributed by atoms with van der Waals surface area (Å²) in [5.74, 6) is 0. The summed E-state index contributed by atoms with van der Waals surface area (Å²) in [7, 11) is 0.00529. The first-order valence-corrected chi connectivity index (χ1v) is 7.46. The Morgan fingerprint density at radius 1 is 1.50 bits per heavy atom. The molecule has 1 N–H and O–H groups in total. The monoisotopic (exact) mass is 191 g/mol. The third-order valence-electron chi connectivity index (χ3n) is 1.81. The van der Waals surface area contributed by atoms with E-state index in [0.717, 1.165) is 5.06 Å². The summed E-state index contributed by atoms with van der Waals surface area (Å²) in [6.07, 6.45) is -1.06. The van der Waals surface area contributed by atoms with Crippen molar-refractivity contribution in [2.24, 2.45) is 0 Å². The van der Waals surface area contributed by atoms with Crippen LogP contribution in [-0.4, -0.2) is 37.1 Å². The minimum absolute atomic E-state index is 0.0126. The SMILES string of the molecule is CC(ON(C)C(=O)O)[Si](C)(C)C. The van der Waals surface area contributed by atoms with Gasteiger partial charge in [-0.25, -0.2) is 4.79 Å². The average molecular weight is 191 g/mol. The van der Waals surface area contributed by atoms with Crippen molar-refractivity contribution in [2.75, 3.05) is 7.05 Å². The topological polar surface area (TPSA) is 49.8 Å². The summed E-state index contributed by atoms with van der Waals surface area (Å²) in [5.41, 5.74) is 0.0126. The fourth-order valence-corrected chi connectivity index (χ4v) is 0.915. The standard InChI is InChI=1S/C7H17NO3Si/c1-6(12(3,4)5)11-8(2)7(9)10/h6H,1-5H3,(H,9,10). The minimum Gasteiger partial charge on any atom is -0.463 e. The molecule has 0 rings (SSSR count). The molecule has 72 valence electrons. The molecular weight excluding hydrogens is 174 g/mol. The van der Waals surface area contributed by atoms with Crippen LogP contribution in [0.3, 0.4) is 0 Å². The summed E-state index contributed by atoms with van der Waals surface area (Å²) in [5, 5.41) is 9.38. The second-order valence-electron chi connectivity index (χ2n) is 3.89. The van der Waals surface area contributed by atoms with E-state index in [1.54, 1.807) is 0 Å². The van der Waals surface area contributed by atoms with Crippen LogP contribution in [0.1, 0.15) is 6.92 Å². The maximum Gasteiger partial charge on any atom is 0.431 e. The van der Waals surface area contributed by atoms with Crippen molar-refractivity contribution in [3.8, 4) is 0 Å². The van der Waals surface area contributed by atoms with Gasteiger partial charge in [0.15, 0.2) is 0 Å². The Morgan fingerprint density at radius 2 is 1.92 bits per heavy atom. The molecule has 12 heavy (non-hydrogen) atoms. The Balaban J connectivity index is 4.01. The maximum atomic E-state index is 10.4. The highest BCUT2D eigenvalue weighted by Gasteiger charge is 2.26. The largest absolute Gasteiger partial charge is 0.463 e. The maximum absolute atomic E-state index is 10.4. The fraction of sp³-hybridized carbons (Fsp3) is 0.857. The Kier molecular flexibility index (Phi) is 3.73. The number of rotatable bonds is 3. The van der Waals surface area contributed by atoms with Crippen molar-refractivity contribution in [3.05, 3.63) is 0 Å². The number of carbonyl (C=O) groups is 1. The van der Waals surface area contributed by atoms with Crippen LogP contribution < -0.4 is 0 Å². The molecule has 0 aromatic rings. The summed E-state index contributed by atoms with van der Waals surface area (Å²) < 4.78 is 0. The lowest BCUT2D eigenvalue weighted by Gasteiger charge is -2.27. The molecule has 0 radical (unpaired) electrons. The quantitative estimate of drug-likeness (QED) is 0.546. The van der Waals surface area contributed by atoms with E-state index in [0.29, 0.717) is 0 Å². The van der Waals surface area contributed by atoms with Crippen LogP contribution in [0.15, 0.2) is 0 Å². The Labute approximate surface area is 74.1 Å². The van der Waals surface area contributed by atoms with Gasteiger partial charge in [-0.15, -0.1) is 0 Å². The zero-order valence-corrected chi connectivity index (χ0v) is 9.29. The number of hydrogen-bond donors (Lipinski definition) is 1. The second-order valence-corrected chi connectivity index (χ2v) is 9.44. The van der Waals surface area contributed by atoms with Crippen molar-refractivity contribution < 1.29 is 14.7 Å². The highest BCUT2D eigenvalue weighted by Crippen LogP contribution is 2.11. The highest BCUT2D eigenvalue weighted by molar-refractivity contribution is 6.77. The number of carboxylic acid groups (broad SMARTS) is 1. The third kappa shape index (κ3) is 3.73. The van der Waals surface area contributed by atoms with Gasteiger partial charge in [0.1, 0.15) is 0 Å². The van der Waals surface area contributed by atoms with Gasteiger partial charge in [-0.1, -0.05) is 19.6 Å². The van der Waals surface area contributed by atoms with E-state index in [9.17, 15) is 4.79 Å². The molecule has 4 nitrogen and oxygen atoms in total. The third-order valence-corrected chi connectivity index (χ3v) is 4.35. The van der Waals surface area contributed by atoms with Gasteiger partial charge in [0.05, 0.1) is 13.8 Å². The molecule has 0 heterocycles. The zero-order valence-electron chi connectivity index (χ0n) is 8.29. The number of amides is 1. The van der Waals surface area contributed by atoms with E-state index in [-0.39, 0.29) is 5.73 Å². The van der Waals surface area contributed by atoms with Gasteiger partial charge in [-0.2, -0.15) is 5.06 Å². The van der Waals surface area contributed by atoms with Crippen LogP contribution >= 0.6 is 0 Å². The van der Waals surface area contributed by atoms with Gasteiger partial charge in [0.2, 0.25) is 0 Å². The molecule has 0 fully saturated rings. The molecule has 0 bridgehead atoms. The first kappa shape index (κ1) is 11.4. The number of hydroxylamine groups is 2. The van der Waals surface area contributed by atoms with Crippen molar-refractivity contribution in [1.82, 2.24) is 5.06 Å². The summed E-state index contributed by atoms with van der Waals surface area (Å²) in [6.45, 7) is 8.31. The van der Waals surface area contributed by atoms with E-state index in [2.05, 4.69) is 19.6 Å². The second kappa shape index (κ2) is 3.91. The molecule has 0 aromatic heterocycles. The first-order valence-electron chi connectivity index (χ1n) is 3.88. The van der Waals surface area contributed by atoms with Crippen molar-refractivity contribution in [1.29, 1.82) is 0 Å². The first-order chi connectivity index (χ1) is 5.25. The molecule has 0 spiro atoms. The molecule has 1 amide bonds. The highest BCUT2D eigenvalue weighted by atomic mass is 28.3. The molecular formula is C7H17NO3Si. The van der Waals surface area contributed by atoms with E-state index >= 15 is 0 Å². The Morgan fingerprint density at radius 3 is 2.17 bits per heavy atom. The number of nitrogens with zero attached hydrogens (tertiary/aromatic N) is 1. The van der Waals surface area contributed by atoms with Gasteiger partial charge in [-0.05, 0) is 6.92 Å². The zero-order chi connectivity index (χ0) is 9.94. The van der Waals surface area contributed by atoms with E-state index in [1.807, 2.05) is 6.92 Å². The number of hydrogen-bond acceptors (Lipinski definition) is 2. The predicted octanol–water partition coefficient (Wildman–Crippen LogP) is 1.79. The van der Waals surface area contributed by atoms with Crippen LogP contribution in [0, 0.1) is 0 Å². The lowest BCUT2D eigenvalue weighted by atomic mass is 10.8. The predicted molar refractivity (Wildman–Crippen MR) is 49.7 cm³/mol. The van der Waals surface area contributed by atoms with Crippen LogP contribution in [0.4, 0.5) is 4.79 Å². The van der Waals surface area contributed by atoms with Gasteiger partial charge in [0.25, 0.3) is 0 Å². The van der Waals surface area contributed by atoms with Crippen molar-refractivity contribution >= 4 is 14.2 Å².